The summed E-state index contributed by atoms with van der Waals surface area (Å²) in [6.45, 7) is 1.96. The number of amidine groups is 1. The molecule has 2 aliphatic heterocycles. The number of hydrogen-bond acceptors (Lipinski definition) is 5. The minimum Gasteiger partial charge on any atom is -0.326 e. The van der Waals surface area contributed by atoms with E-state index in [0.29, 0.717) is 22.3 Å². The molecule has 0 saturated carbocycles. The van der Waals surface area contributed by atoms with Crippen LogP contribution in [0.3, 0.4) is 0 Å². The van der Waals surface area contributed by atoms with Gasteiger partial charge >= 0.3 is 0 Å². The third-order valence-corrected chi connectivity index (χ3v) is 7.26. The van der Waals surface area contributed by atoms with Crippen molar-refractivity contribution in [2.24, 2.45) is 10.1 Å². The third kappa shape index (κ3) is 5.31. The molecule has 3 aromatic rings. The van der Waals surface area contributed by atoms with Crippen LogP contribution >= 0.6 is 23.4 Å². The van der Waals surface area contributed by atoms with Gasteiger partial charge in [0, 0.05) is 23.6 Å². The molecule has 0 fully saturated rings. The minimum atomic E-state index is -0.582. The fraction of sp³-hybridized carbons (Fsp3) is 0.185. The van der Waals surface area contributed by atoms with Gasteiger partial charge in [-0.15, -0.1) is 0 Å². The van der Waals surface area contributed by atoms with Crippen LogP contribution in [0.2, 0.25) is 5.02 Å². The largest absolute Gasteiger partial charge is 0.326 e. The zero-order valence-electron chi connectivity index (χ0n) is 19.0. The van der Waals surface area contributed by atoms with Crippen LogP contribution in [0.25, 0.3) is 0 Å². The SMILES string of the molecule is Cc1cccc(NC(=O)C[C@H]2SC(N3N=C(c4ccc(Cl)cc4)C[C@@H]3c3ccccc3)=NC2=O)c1. The molecule has 0 spiro atoms. The molecular weight excluding hydrogens is 480 g/mol. The van der Waals surface area contributed by atoms with Crippen molar-refractivity contribution in [1.29, 1.82) is 0 Å². The maximum atomic E-state index is 12.7. The molecule has 0 saturated heterocycles. The zero-order valence-corrected chi connectivity index (χ0v) is 20.6. The highest BCUT2D eigenvalue weighted by Crippen LogP contribution is 2.38. The molecule has 5 rings (SSSR count). The average molecular weight is 503 g/mol. The van der Waals surface area contributed by atoms with Crippen molar-refractivity contribution < 1.29 is 9.59 Å². The van der Waals surface area contributed by atoms with E-state index in [1.54, 1.807) is 0 Å². The molecular formula is C27H23ClN4O2S. The molecule has 0 unspecified atom stereocenters. The Kier molecular flexibility index (Phi) is 6.70. The van der Waals surface area contributed by atoms with Gasteiger partial charge < -0.3 is 5.32 Å². The first-order valence-corrected chi connectivity index (χ1v) is 12.6. The Morgan fingerprint density at radius 2 is 1.86 bits per heavy atom. The summed E-state index contributed by atoms with van der Waals surface area (Å²) in [6, 6.07) is 25.1. The summed E-state index contributed by atoms with van der Waals surface area (Å²) in [5.74, 6) is -0.532. The molecule has 2 amide bonds. The lowest BCUT2D eigenvalue weighted by Gasteiger charge is -2.23. The molecule has 0 bridgehead atoms. The lowest BCUT2D eigenvalue weighted by molar-refractivity contribution is -0.121. The van der Waals surface area contributed by atoms with Crippen LogP contribution in [0.5, 0.6) is 0 Å². The number of aryl methyl sites for hydroxylation is 1. The van der Waals surface area contributed by atoms with Crippen LogP contribution in [-0.2, 0) is 9.59 Å². The lowest BCUT2D eigenvalue weighted by Crippen LogP contribution is -2.25. The van der Waals surface area contributed by atoms with Crippen molar-refractivity contribution in [3.8, 4) is 0 Å². The summed E-state index contributed by atoms with van der Waals surface area (Å²) in [5.41, 5.74) is 4.72. The van der Waals surface area contributed by atoms with Crippen molar-refractivity contribution in [3.63, 3.8) is 0 Å². The van der Waals surface area contributed by atoms with Crippen LogP contribution in [0.4, 0.5) is 5.69 Å². The number of thioether (sulfide) groups is 1. The highest BCUT2D eigenvalue weighted by molar-refractivity contribution is 8.15. The smallest absolute Gasteiger partial charge is 0.262 e. The summed E-state index contributed by atoms with van der Waals surface area (Å²) in [7, 11) is 0. The normalized spacial score (nSPS) is 19.5. The van der Waals surface area contributed by atoms with E-state index in [9.17, 15) is 9.59 Å². The van der Waals surface area contributed by atoms with E-state index in [1.165, 1.54) is 11.8 Å². The summed E-state index contributed by atoms with van der Waals surface area (Å²) >= 11 is 7.36. The maximum Gasteiger partial charge on any atom is 0.262 e. The first-order chi connectivity index (χ1) is 17.0. The number of nitrogens with zero attached hydrogens (tertiary/aromatic N) is 3. The highest BCUT2D eigenvalue weighted by atomic mass is 35.5. The van der Waals surface area contributed by atoms with Gasteiger partial charge in [-0.2, -0.15) is 10.1 Å². The molecule has 0 aromatic heterocycles. The maximum absolute atomic E-state index is 12.7. The highest BCUT2D eigenvalue weighted by Gasteiger charge is 2.39. The minimum absolute atomic E-state index is 0.0437. The fourth-order valence-corrected chi connectivity index (χ4v) is 5.33. The number of anilines is 1. The number of nitrogens with one attached hydrogen (secondary N) is 1. The number of amides is 2. The second kappa shape index (κ2) is 10.1. The first kappa shape index (κ1) is 23.3. The van der Waals surface area contributed by atoms with Crippen LogP contribution in [0.1, 0.15) is 35.6 Å². The van der Waals surface area contributed by atoms with E-state index >= 15 is 0 Å². The molecule has 1 N–H and O–H groups in total. The van der Waals surface area contributed by atoms with Crippen molar-refractivity contribution in [2.45, 2.75) is 31.1 Å². The number of benzene rings is 3. The van der Waals surface area contributed by atoms with Crippen LogP contribution < -0.4 is 5.32 Å². The van der Waals surface area contributed by atoms with E-state index in [-0.39, 0.29) is 24.3 Å². The Hall–Kier alpha value is -3.42. The predicted molar refractivity (Wildman–Crippen MR) is 142 cm³/mol. The van der Waals surface area contributed by atoms with Crippen molar-refractivity contribution in [3.05, 3.63) is 101 Å². The molecule has 0 aliphatic carbocycles. The fourth-order valence-electron chi connectivity index (χ4n) is 4.15. The number of carbonyl (C=O) groups excluding carboxylic acids is 2. The number of halogens is 1. The van der Waals surface area contributed by atoms with Crippen molar-refractivity contribution >= 4 is 51.7 Å². The topological polar surface area (TPSA) is 74.1 Å². The Balaban J connectivity index is 1.34. The number of hydrazone groups is 1. The number of carbonyl (C=O) groups is 2. The molecule has 35 heavy (non-hydrogen) atoms. The Bertz CT molecular complexity index is 1320. The quantitative estimate of drug-likeness (QED) is 0.476. The first-order valence-electron chi connectivity index (χ1n) is 11.3. The van der Waals surface area contributed by atoms with Gasteiger partial charge in [-0.05, 0) is 47.9 Å². The predicted octanol–water partition coefficient (Wildman–Crippen LogP) is 5.83. The lowest BCUT2D eigenvalue weighted by atomic mass is 9.99. The molecule has 8 heteroatoms. The Labute approximate surface area is 213 Å². The van der Waals surface area contributed by atoms with Gasteiger partial charge in [0.1, 0.15) is 5.25 Å². The summed E-state index contributed by atoms with van der Waals surface area (Å²) in [6.07, 6.45) is 0.708. The standard InChI is InChI=1S/C27H23ClN4O2S/c1-17-6-5-9-21(14-17)29-25(33)16-24-26(34)30-27(35-24)32-23(19-7-3-2-4-8-19)15-22(31-32)18-10-12-20(28)13-11-18/h2-14,23-24H,15-16H2,1H3,(H,29,33)/t23-,24-/m1/s1. The second-order valence-corrected chi connectivity index (χ2v) is 10.1. The van der Waals surface area contributed by atoms with Crippen LogP contribution in [0.15, 0.2) is 89.0 Å². The molecule has 2 atom stereocenters. The molecule has 2 aliphatic rings. The third-order valence-electron chi connectivity index (χ3n) is 5.87. The van der Waals surface area contributed by atoms with Gasteiger partial charge in [0.15, 0.2) is 5.17 Å². The average Bonchev–Trinajstić information content (AvgIpc) is 3.44. The molecule has 3 aromatic carbocycles. The molecule has 0 radical (unpaired) electrons. The molecule has 176 valence electrons. The van der Waals surface area contributed by atoms with Crippen LogP contribution in [0, 0.1) is 6.92 Å². The summed E-state index contributed by atoms with van der Waals surface area (Å²) in [4.78, 5) is 29.7. The van der Waals surface area contributed by atoms with Gasteiger partial charge in [-0.1, -0.05) is 78.0 Å². The van der Waals surface area contributed by atoms with Crippen LogP contribution in [-0.4, -0.2) is 33.0 Å². The van der Waals surface area contributed by atoms with E-state index in [4.69, 9.17) is 16.7 Å². The Morgan fingerprint density at radius 1 is 1.09 bits per heavy atom. The van der Waals surface area contributed by atoms with Gasteiger partial charge in [0.05, 0.1) is 11.8 Å². The van der Waals surface area contributed by atoms with Gasteiger partial charge in [-0.25, -0.2) is 5.01 Å². The van der Waals surface area contributed by atoms with E-state index < -0.39 is 5.25 Å². The molecule has 2 heterocycles. The van der Waals surface area contributed by atoms with Gasteiger partial charge in [-0.3, -0.25) is 9.59 Å². The summed E-state index contributed by atoms with van der Waals surface area (Å²) < 4.78 is 0. The van der Waals surface area contributed by atoms with Gasteiger partial charge in [0.2, 0.25) is 5.91 Å². The van der Waals surface area contributed by atoms with E-state index in [0.717, 1.165) is 22.4 Å². The Morgan fingerprint density at radius 3 is 2.60 bits per heavy atom. The summed E-state index contributed by atoms with van der Waals surface area (Å²) in [5, 5.41) is 10.1. The molecule has 6 nitrogen and oxygen atoms in total. The monoisotopic (exact) mass is 502 g/mol. The van der Waals surface area contributed by atoms with Gasteiger partial charge in [0.25, 0.3) is 5.91 Å². The van der Waals surface area contributed by atoms with E-state index in [1.807, 2.05) is 90.8 Å². The zero-order chi connectivity index (χ0) is 24.4. The van der Waals surface area contributed by atoms with Crippen molar-refractivity contribution in [2.75, 3.05) is 5.32 Å². The number of hydrogen-bond donors (Lipinski definition) is 1. The van der Waals surface area contributed by atoms with Crippen molar-refractivity contribution in [1.82, 2.24) is 5.01 Å². The number of rotatable bonds is 5. The second-order valence-electron chi connectivity index (χ2n) is 8.49. The number of aliphatic imine (C=N–C) groups is 1. The van der Waals surface area contributed by atoms with E-state index in [2.05, 4.69) is 10.3 Å².